The molecule has 2 aromatic carbocycles. The monoisotopic (exact) mass is 291 g/mol. The van der Waals surface area contributed by atoms with Crippen molar-refractivity contribution < 1.29 is 18.6 Å². The Hall–Kier alpha value is -2.14. The zero-order valence-electron chi connectivity index (χ0n) is 11.4. The van der Waals surface area contributed by atoms with Gasteiger partial charge in [0.25, 0.3) is 0 Å². The van der Waals surface area contributed by atoms with Crippen LogP contribution in [0.5, 0.6) is 11.5 Å². The van der Waals surface area contributed by atoms with Gasteiger partial charge in [-0.05, 0) is 42.9 Å². The van der Waals surface area contributed by atoms with E-state index in [1.807, 2.05) is 0 Å². The Bertz CT molecular complexity index is 675. The lowest BCUT2D eigenvalue weighted by molar-refractivity contribution is 0.153. The topological polar surface area (TPSA) is 41.5 Å². The predicted octanol–water partition coefficient (Wildman–Crippen LogP) is 3.45. The lowest BCUT2D eigenvalue weighted by atomic mass is 9.93. The lowest BCUT2D eigenvalue weighted by Gasteiger charge is -2.32. The molecule has 2 aromatic rings. The van der Waals surface area contributed by atoms with Crippen LogP contribution in [-0.4, -0.2) is 12.2 Å². The molecule has 110 valence electrons. The molecule has 0 amide bonds. The fourth-order valence-electron chi connectivity index (χ4n) is 2.64. The Morgan fingerprint density at radius 2 is 2.00 bits per heavy atom. The van der Waals surface area contributed by atoms with Gasteiger partial charge in [-0.25, -0.2) is 8.78 Å². The minimum atomic E-state index is -0.679. The summed E-state index contributed by atoms with van der Waals surface area (Å²) in [5.41, 5.74) is 1.40. The van der Waals surface area contributed by atoms with Gasteiger partial charge in [-0.3, -0.25) is 0 Å². The molecule has 2 N–H and O–H groups in total. The largest absolute Gasteiger partial charge is 0.505 e. The van der Waals surface area contributed by atoms with Crippen LogP contribution in [0.4, 0.5) is 8.78 Å². The Labute approximate surface area is 121 Å². The molecular weight excluding hydrogens is 276 g/mol. The van der Waals surface area contributed by atoms with E-state index in [1.165, 1.54) is 24.3 Å². The molecule has 5 heteroatoms. The molecule has 3 rings (SSSR count). The average Bonchev–Trinajstić information content (AvgIpc) is 2.49. The molecule has 0 saturated heterocycles. The number of hydrogen-bond acceptors (Lipinski definition) is 3. The first-order valence-electron chi connectivity index (χ1n) is 6.70. The third kappa shape index (κ3) is 2.56. The highest BCUT2D eigenvalue weighted by Crippen LogP contribution is 2.41. The Morgan fingerprint density at radius 1 is 1.19 bits per heavy atom. The fraction of sp³-hybridized carbons (Fsp3) is 0.250. The van der Waals surface area contributed by atoms with Crippen molar-refractivity contribution in [3.05, 3.63) is 59.2 Å². The smallest absolute Gasteiger partial charge is 0.165 e. The molecule has 2 atom stereocenters. The van der Waals surface area contributed by atoms with E-state index in [4.69, 9.17) is 4.74 Å². The van der Waals surface area contributed by atoms with E-state index in [-0.39, 0.29) is 23.7 Å². The van der Waals surface area contributed by atoms with Gasteiger partial charge in [0.15, 0.2) is 11.6 Å². The minimum Gasteiger partial charge on any atom is -0.505 e. The van der Waals surface area contributed by atoms with Crippen LogP contribution in [0.2, 0.25) is 0 Å². The van der Waals surface area contributed by atoms with Crippen molar-refractivity contribution in [2.24, 2.45) is 0 Å². The number of ether oxygens (including phenoxy) is 1. The third-order valence-corrected chi connectivity index (χ3v) is 3.76. The highest BCUT2D eigenvalue weighted by Gasteiger charge is 2.29. The molecule has 0 aliphatic carbocycles. The van der Waals surface area contributed by atoms with Crippen LogP contribution in [0.25, 0.3) is 0 Å². The number of benzene rings is 2. The van der Waals surface area contributed by atoms with E-state index in [9.17, 15) is 13.9 Å². The second kappa shape index (κ2) is 5.33. The van der Waals surface area contributed by atoms with Crippen molar-refractivity contribution in [1.82, 2.24) is 5.32 Å². The second-order valence-electron chi connectivity index (χ2n) is 5.08. The summed E-state index contributed by atoms with van der Waals surface area (Å²) in [6, 6.07) is 8.49. The van der Waals surface area contributed by atoms with Crippen LogP contribution < -0.4 is 10.1 Å². The molecule has 1 aliphatic rings. The molecule has 0 fully saturated rings. The molecule has 0 saturated carbocycles. The SMILES string of the molecule is CNC1CC(c2ccc(O)c(F)c2)Oc2ccc(F)cc21. The first-order valence-corrected chi connectivity index (χ1v) is 6.70. The van der Waals surface area contributed by atoms with Crippen molar-refractivity contribution in [3.8, 4) is 11.5 Å². The molecule has 0 aromatic heterocycles. The summed E-state index contributed by atoms with van der Waals surface area (Å²) in [6.07, 6.45) is 0.201. The number of phenolic OH excluding ortho intramolecular Hbond substituents is 1. The minimum absolute atomic E-state index is 0.0775. The van der Waals surface area contributed by atoms with E-state index in [2.05, 4.69) is 5.32 Å². The molecule has 0 spiro atoms. The molecule has 0 radical (unpaired) electrons. The number of rotatable bonds is 2. The van der Waals surface area contributed by atoms with E-state index in [0.29, 0.717) is 17.7 Å². The summed E-state index contributed by atoms with van der Waals surface area (Å²) in [7, 11) is 1.79. The van der Waals surface area contributed by atoms with Gasteiger partial charge in [0, 0.05) is 18.0 Å². The quantitative estimate of drug-likeness (QED) is 0.890. The standard InChI is InChI=1S/C16H15F2NO2/c1-19-13-8-16(9-2-4-14(20)12(18)6-9)21-15-5-3-10(17)7-11(13)15/h2-7,13,16,19-20H,8H2,1H3. The van der Waals surface area contributed by atoms with E-state index < -0.39 is 5.82 Å². The van der Waals surface area contributed by atoms with Crippen LogP contribution >= 0.6 is 0 Å². The summed E-state index contributed by atoms with van der Waals surface area (Å²) < 4.78 is 32.7. The third-order valence-electron chi connectivity index (χ3n) is 3.76. The Kier molecular flexibility index (Phi) is 3.51. The molecule has 1 heterocycles. The van der Waals surface area contributed by atoms with Crippen LogP contribution in [-0.2, 0) is 0 Å². The lowest BCUT2D eigenvalue weighted by Crippen LogP contribution is -2.27. The summed E-state index contributed by atoms with van der Waals surface area (Å²) >= 11 is 0. The number of phenols is 1. The maximum absolute atomic E-state index is 13.5. The fourth-order valence-corrected chi connectivity index (χ4v) is 2.64. The maximum Gasteiger partial charge on any atom is 0.165 e. The van der Waals surface area contributed by atoms with Gasteiger partial charge in [0.2, 0.25) is 0 Å². The van der Waals surface area contributed by atoms with Gasteiger partial charge >= 0.3 is 0 Å². The first-order chi connectivity index (χ1) is 10.1. The first kappa shape index (κ1) is 13.8. The van der Waals surface area contributed by atoms with Crippen molar-refractivity contribution in [1.29, 1.82) is 0 Å². The van der Waals surface area contributed by atoms with Gasteiger partial charge in [-0.1, -0.05) is 6.07 Å². The highest BCUT2D eigenvalue weighted by atomic mass is 19.1. The maximum atomic E-state index is 13.5. The molecule has 3 nitrogen and oxygen atoms in total. The summed E-state index contributed by atoms with van der Waals surface area (Å²) in [5.74, 6) is -0.795. The van der Waals surface area contributed by atoms with Crippen LogP contribution in [0, 0.1) is 11.6 Å². The predicted molar refractivity (Wildman–Crippen MR) is 74.3 cm³/mol. The van der Waals surface area contributed by atoms with Crippen molar-refractivity contribution in [2.75, 3.05) is 7.05 Å². The summed E-state index contributed by atoms with van der Waals surface area (Å²) in [4.78, 5) is 0. The van der Waals surface area contributed by atoms with Gasteiger partial charge in [-0.2, -0.15) is 0 Å². The van der Waals surface area contributed by atoms with Crippen LogP contribution in [0.15, 0.2) is 36.4 Å². The Balaban J connectivity index is 1.96. The van der Waals surface area contributed by atoms with Crippen molar-refractivity contribution >= 4 is 0 Å². The van der Waals surface area contributed by atoms with Gasteiger partial charge in [0.1, 0.15) is 17.7 Å². The molecule has 1 aliphatic heterocycles. The zero-order chi connectivity index (χ0) is 15.0. The number of nitrogens with one attached hydrogen (secondary N) is 1. The number of aromatic hydroxyl groups is 1. The highest BCUT2D eigenvalue weighted by molar-refractivity contribution is 5.40. The van der Waals surface area contributed by atoms with Crippen LogP contribution in [0.1, 0.15) is 29.7 Å². The molecule has 0 bridgehead atoms. The van der Waals surface area contributed by atoms with Crippen LogP contribution in [0.3, 0.4) is 0 Å². The van der Waals surface area contributed by atoms with Gasteiger partial charge < -0.3 is 15.2 Å². The van der Waals surface area contributed by atoms with Crippen molar-refractivity contribution in [3.63, 3.8) is 0 Å². The van der Waals surface area contributed by atoms with E-state index in [1.54, 1.807) is 19.2 Å². The van der Waals surface area contributed by atoms with E-state index >= 15 is 0 Å². The van der Waals surface area contributed by atoms with Gasteiger partial charge in [-0.15, -0.1) is 0 Å². The molecular formula is C16H15F2NO2. The second-order valence-corrected chi connectivity index (χ2v) is 5.08. The Morgan fingerprint density at radius 3 is 2.71 bits per heavy atom. The normalized spacial score (nSPS) is 20.7. The number of fused-ring (bicyclic) bond motifs is 1. The molecule has 2 unspecified atom stereocenters. The summed E-state index contributed by atoms with van der Waals surface area (Å²) in [5, 5.41) is 12.4. The number of hydrogen-bond donors (Lipinski definition) is 2. The van der Waals surface area contributed by atoms with Gasteiger partial charge in [0.05, 0.1) is 0 Å². The molecule has 21 heavy (non-hydrogen) atoms. The summed E-state index contributed by atoms with van der Waals surface area (Å²) in [6.45, 7) is 0. The van der Waals surface area contributed by atoms with E-state index in [0.717, 1.165) is 5.56 Å². The van der Waals surface area contributed by atoms with Crippen molar-refractivity contribution in [2.45, 2.75) is 18.6 Å². The number of halogens is 2. The zero-order valence-corrected chi connectivity index (χ0v) is 11.4. The average molecular weight is 291 g/mol.